The monoisotopic (exact) mass is 457 g/mol. The Bertz CT molecular complexity index is 1290. The minimum Gasteiger partial charge on any atom is -0.497 e. The number of methoxy groups -OCH3 is 1. The molecule has 0 spiro atoms. The standard InChI is InChI=1S/C26H27N5O3/c1-16-17(2)31(20-8-10-21(34-3)11-9-20)26(22(16)13-27)29-24(32)15-30-14-19-7-5-4-6-18(19)12-23(30)25(28)33/h4-11,23H,12,14-15H2,1-3H3,(H2,28,33)(H,29,32)/t23-/m0/s1. The lowest BCUT2D eigenvalue weighted by atomic mass is 9.93. The van der Waals surface area contributed by atoms with Crippen LogP contribution in [0.1, 0.15) is 27.9 Å². The molecule has 4 rings (SSSR count). The van der Waals surface area contributed by atoms with Gasteiger partial charge in [0.15, 0.2) is 0 Å². The zero-order valence-electron chi connectivity index (χ0n) is 19.5. The Labute approximate surface area is 198 Å². The van der Waals surface area contributed by atoms with Crippen molar-refractivity contribution in [1.29, 1.82) is 5.26 Å². The SMILES string of the molecule is COc1ccc(-n2c(C)c(C)c(C#N)c2NC(=O)CN2Cc3ccccc3C[C@H]2C(N)=O)cc1. The second kappa shape index (κ2) is 9.41. The van der Waals surface area contributed by atoms with Gasteiger partial charge in [-0.05, 0) is 61.2 Å². The highest BCUT2D eigenvalue weighted by Gasteiger charge is 2.31. The number of primary amides is 1. The number of hydrogen-bond acceptors (Lipinski definition) is 5. The van der Waals surface area contributed by atoms with Crippen LogP contribution < -0.4 is 15.8 Å². The van der Waals surface area contributed by atoms with E-state index in [-0.39, 0.29) is 12.5 Å². The fraction of sp³-hybridized carbons (Fsp3) is 0.269. The molecule has 1 aliphatic heterocycles. The minimum absolute atomic E-state index is 0.0291. The molecule has 2 amide bonds. The van der Waals surface area contributed by atoms with Gasteiger partial charge >= 0.3 is 0 Å². The normalized spacial score (nSPS) is 15.3. The number of benzene rings is 2. The van der Waals surface area contributed by atoms with E-state index in [0.29, 0.717) is 30.1 Å². The van der Waals surface area contributed by atoms with Crippen molar-refractivity contribution in [2.24, 2.45) is 5.73 Å². The van der Waals surface area contributed by atoms with Crippen LogP contribution in [0, 0.1) is 25.2 Å². The summed E-state index contributed by atoms with van der Waals surface area (Å²) in [5.41, 5.74) is 10.6. The van der Waals surface area contributed by atoms with Crippen LogP contribution in [0.25, 0.3) is 5.69 Å². The highest BCUT2D eigenvalue weighted by Crippen LogP contribution is 2.31. The Balaban J connectivity index is 1.63. The average Bonchev–Trinajstić information content (AvgIpc) is 3.07. The molecule has 0 saturated carbocycles. The summed E-state index contributed by atoms with van der Waals surface area (Å²) in [5.74, 6) is 0.322. The van der Waals surface area contributed by atoms with Crippen LogP contribution in [-0.2, 0) is 22.6 Å². The molecule has 2 heterocycles. The molecule has 2 aromatic carbocycles. The number of nitriles is 1. The molecular weight excluding hydrogens is 430 g/mol. The van der Waals surface area contributed by atoms with Crippen LogP contribution in [0.5, 0.6) is 5.75 Å². The molecule has 1 aliphatic rings. The average molecular weight is 458 g/mol. The van der Waals surface area contributed by atoms with Gasteiger partial charge in [0.1, 0.15) is 17.6 Å². The number of anilines is 1. The molecule has 0 fully saturated rings. The first-order valence-electron chi connectivity index (χ1n) is 11.0. The molecule has 0 radical (unpaired) electrons. The third-order valence-corrected chi connectivity index (χ3v) is 6.43. The number of carbonyl (C=O) groups is 2. The van der Waals surface area contributed by atoms with Crippen molar-refractivity contribution in [3.63, 3.8) is 0 Å². The van der Waals surface area contributed by atoms with Crippen LogP contribution in [0.15, 0.2) is 48.5 Å². The first-order chi connectivity index (χ1) is 16.3. The number of nitrogens with zero attached hydrogens (tertiary/aromatic N) is 3. The fourth-order valence-electron chi connectivity index (χ4n) is 4.49. The van der Waals surface area contributed by atoms with Crippen LogP contribution in [0.2, 0.25) is 0 Å². The zero-order chi connectivity index (χ0) is 24.4. The van der Waals surface area contributed by atoms with E-state index < -0.39 is 11.9 Å². The number of fused-ring (bicyclic) bond motifs is 1. The summed E-state index contributed by atoms with van der Waals surface area (Å²) in [4.78, 5) is 27.1. The van der Waals surface area contributed by atoms with E-state index in [1.807, 2.05) is 66.9 Å². The number of hydrogen-bond donors (Lipinski definition) is 2. The number of carbonyl (C=O) groups excluding carboxylic acids is 2. The van der Waals surface area contributed by atoms with Crippen LogP contribution in [-0.4, -0.2) is 41.0 Å². The molecule has 0 aliphatic carbocycles. The maximum absolute atomic E-state index is 13.2. The fourth-order valence-corrected chi connectivity index (χ4v) is 4.49. The largest absolute Gasteiger partial charge is 0.497 e. The van der Waals surface area contributed by atoms with E-state index in [1.54, 1.807) is 12.0 Å². The minimum atomic E-state index is -0.576. The van der Waals surface area contributed by atoms with Crippen molar-refractivity contribution >= 4 is 17.6 Å². The number of aromatic nitrogens is 1. The van der Waals surface area contributed by atoms with Crippen LogP contribution >= 0.6 is 0 Å². The number of amides is 2. The highest BCUT2D eigenvalue weighted by atomic mass is 16.5. The van der Waals surface area contributed by atoms with E-state index in [0.717, 1.165) is 28.1 Å². The van der Waals surface area contributed by atoms with E-state index in [4.69, 9.17) is 10.5 Å². The first kappa shape index (κ1) is 23.1. The summed E-state index contributed by atoms with van der Waals surface area (Å²) in [6.45, 7) is 4.17. The van der Waals surface area contributed by atoms with Crippen LogP contribution in [0.4, 0.5) is 5.82 Å². The van der Waals surface area contributed by atoms with Gasteiger partial charge in [-0.3, -0.25) is 19.1 Å². The third kappa shape index (κ3) is 4.26. The first-order valence-corrected chi connectivity index (χ1v) is 11.0. The molecule has 1 aromatic heterocycles. The van der Waals surface area contributed by atoms with E-state index >= 15 is 0 Å². The third-order valence-electron chi connectivity index (χ3n) is 6.43. The summed E-state index contributed by atoms with van der Waals surface area (Å²) < 4.78 is 7.09. The topological polar surface area (TPSA) is 113 Å². The molecular formula is C26H27N5O3. The Kier molecular flexibility index (Phi) is 6.39. The number of rotatable bonds is 6. The van der Waals surface area contributed by atoms with Gasteiger partial charge in [-0.2, -0.15) is 5.26 Å². The molecule has 8 heteroatoms. The molecule has 174 valence electrons. The van der Waals surface area contributed by atoms with Gasteiger partial charge in [0.2, 0.25) is 11.8 Å². The Morgan fingerprint density at radius 1 is 1.15 bits per heavy atom. The molecule has 3 aromatic rings. The van der Waals surface area contributed by atoms with Crippen molar-refractivity contribution in [3.05, 3.63) is 76.5 Å². The number of nitrogens with one attached hydrogen (secondary N) is 1. The molecule has 8 nitrogen and oxygen atoms in total. The van der Waals surface area contributed by atoms with E-state index in [1.165, 1.54) is 0 Å². The van der Waals surface area contributed by atoms with Crippen molar-refractivity contribution in [2.45, 2.75) is 32.9 Å². The molecule has 34 heavy (non-hydrogen) atoms. The van der Waals surface area contributed by atoms with Crippen molar-refractivity contribution in [1.82, 2.24) is 9.47 Å². The van der Waals surface area contributed by atoms with Gasteiger partial charge in [-0.25, -0.2) is 0 Å². The summed E-state index contributed by atoms with van der Waals surface area (Å²) in [6, 6.07) is 16.9. The van der Waals surface area contributed by atoms with Crippen molar-refractivity contribution in [2.75, 3.05) is 19.0 Å². The number of ether oxygens (including phenoxy) is 1. The molecule has 0 unspecified atom stereocenters. The lowest BCUT2D eigenvalue weighted by Gasteiger charge is -2.34. The van der Waals surface area contributed by atoms with E-state index in [9.17, 15) is 14.9 Å². The van der Waals surface area contributed by atoms with Gasteiger partial charge in [0.05, 0.1) is 25.3 Å². The highest BCUT2D eigenvalue weighted by molar-refractivity contribution is 5.94. The van der Waals surface area contributed by atoms with Gasteiger partial charge in [0.25, 0.3) is 0 Å². The lowest BCUT2D eigenvalue weighted by molar-refractivity contribution is -0.125. The molecule has 1 atom stereocenters. The zero-order valence-corrected chi connectivity index (χ0v) is 19.5. The number of nitrogens with two attached hydrogens (primary N) is 1. The van der Waals surface area contributed by atoms with Gasteiger partial charge in [-0.1, -0.05) is 24.3 Å². The maximum Gasteiger partial charge on any atom is 0.239 e. The Hall–Kier alpha value is -4.09. The second-order valence-corrected chi connectivity index (χ2v) is 8.42. The van der Waals surface area contributed by atoms with Crippen molar-refractivity contribution in [3.8, 4) is 17.5 Å². The summed E-state index contributed by atoms with van der Waals surface area (Å²) in [7, 11) is 1.60. The van der Waals surface area contributed by atoms with Crippen molar-refractivity contribution < 1.29 is 14.3 Å². The van der Waals surface area contributed by atoms with Crippen LogP contribution in [0.3, 0.4) is 0 Å². The van der Waals surface area contributed by atoms with E-state index in [2.05, 4.69) is 11.4 Å². The lowest BCUT2D eigenvalue weighted by Crippen LogP contribution is -2.51. The maximum atomic E-state index is 13.2. The summed E-state index contributed by atoms with van der Waals surface area (Å²) in [6.07, 6.45) is 0.461. The smallest absolute Gasteiger partial charge is 0.239 e. The summed E-state index contributed by atoms with van der Waals surface area (Å²) >= 11 is 0. The quantitative estimate of drug-likeness (QED) is 0.591. The molecule has 3 N–H and O–H groups in total. The Morgan fingerprint density at radius 2 is 1.82 bits per heavy atom. The Morgan fingerprint density at radius 3 is 2.44 bits per heavy atom. The predicted molar refractivity (Wildman–Crippen MR) is 129 cm³/mol. The summed E-state index contributed by atoms with van der Waals surface area (Å²) in [5, 5.41) is 12.7. The van der Waals surface area contributed by atoms with Gasteiger partial charge < -0.3 is 15.8 Å². The van der Waals surface area contributed by atoms with Gasteiger partial charge in [-0.15, -0.1) is 0 Å². The van der Waals surface area contributed by atoms with Gasteiger partial charge in [0, 0.05) is 17.9 Å². The predicted octanol–water partition coefficient (Wildman–Crippen LogP) is 2.83. The molecule has 0 saturated heterocycles. The second-order valence-electron chi connectivity index (χ2n) is 8.42. The molecule has 0 bridgehead atoms.